The van der Waals surface area contributed by atoms with Gasteiger partial charge in [-0.2, -0.15) is 0 Å². The SMILES string of the molecule is Cc1nc(C)c(C(=O)NCC(c2cccs2)N(C)C)s1. The normalized spacial score (nSPS) is 12.7. The molecule has 0 bridgehead atoms. The van der Waals surface area contributed by atoms with E-state index in [1.54, 1.807) is 11.3 Å². The van der Waals surface area contributed by atoms with Crippen molar-refractivity contribution in [3.05, 3.63) is 38.0 Å². The van der Waals surface area contributed by atoms with Gasteiger partial charge in [0, 0.05) is 11.4 Å². The van der Waals surface area contributed by atoms with E-state index in [2.05, 4.69) is 26.6 Å². The van der Waals surface area contributed by atoms with E-state index >= 15 is 0 Å². The summed E-state index contributed by atoms with van der Waals surface area (Å²) in [4.78, 5) is 20.6. The highest BCUT2D eigenvalue weighted by molar-refractivity contribution is 7.13. The van der Waals surface area contributed by atoms with E-state index in [0.29, 0.717) is 11.4 Å². The minimum atomic E-state index is -0.0310. The number of thiazole rings is 1. The Bertz CT molecular complexity index is 575. The lowest BCUT2D eigenvalue weighted by molar-refractivity contribution is 0.0945. The molecule has 4 nitrogen and oxygen atoms in total. The van der Waals surface area contributed by atoms with Gasteiger partial charge < -0.3 is 10.2 Å². The Morgan fingerprint density at radius 1 is 1.45 bits per heavy atom. The smallest absolute Gasteiger partial charge is 0.263 e. The lowest BCUT2D eigenvalue weighted by Gasteiger charge is -2.23. The molecular weight excluding hydrogens is 290 g/mol. The Balaban J connectivity index is 2.03. The van der Waals surface area contributed by atoms with Crippen LogP contribution in [0.5, 0.6) is 0 Å². The van der Waals surface area contributed by atoms with E-state index in [1.165, 1.54) is 16.2 Å². The van der Waals surface area contributed by atoms with E-state index in [0.717, 1.165) is 10.7 Å². The molecule has 0 saturated heterocycles. The van der Waals surface area contributed by atoms with Crippen LogP contribution in [0, 0.1) is 13.8 Å². The minimum Gasteiger partial charge on any atom is -0.349 e. The molecule has 2 aromatic heterocycles. The molecule has 2 aromatic rings. The Hall–Kier alpha value is -1.24. The molecule has 108 valence electrons. The third-order valence-electron chi connectivity index (χ3n) is 3.06. The Morgan fingerprint density at radius 2 is 2.20 bits per heavy atom. The van der Waals surface area contributed by atoms with Gasteiger partial charge in [-0.15, -0.1) is 22.7 Å². The van der Waals surface area contributed by atoms with Crippen molar-refractivity contribution in [2.75, 3.05) is 20.6 Å². The molecule has 0 aliphatic heterocycles. The summed E-state index contributed by atoms with van der Waals surface area (Å²) in [5, 5.41) is 6.01. The molecule has 0 fully saturated rings. The lowest BCUT2D eigenvalue weighted by Crippen LogP contribution is -2.34. The van der Waals surface area contributed by atoms with Crippen molar-refractivity contribution >= 4 is 28.6 Å². The summed E-state index contributed by atoms with van der Waals surface area (Å²) >= 11 is 3.16. The number of nitrogens with zero attached hydrogens (tertiary/aromatic N) is 2. The third-order valence-corrected chi connectivity index (χ3v) is 5.11. The molecule has 0 radical (unpaired) electrons. The molecule has 1 atom stereocenters. The summed E-state index contributed by atoms with van der Waals surface area (Å²) in [5.74, 6) is -0.0310. The monoisotopic (exact) mass is 309 g/mol. The summed E-state index contributed by atoms with van der Waals surface area (Å²) in [6.45, 7) is 4.40. The van der Waals surface area contributed by atoms with Crippen molar-refractivity contribution in [1.82, 2.24) is 15.2 Å². The van der Waals surface area contributed by atoms with Gasteiger partial charge in [-0.3, -0.25) is 4.79 Å². The number of carbonyl (C=O) groups is 1. The predicted molar refractivity (Wildman–Crippen MR) is 84.7 cm³/mol. The number of thiophene rings is 1. The van der Waals surface area contributed by atoms with E-state index < -0.39 is 0 Å². The summed E-state index contributed by atoms with van der Waals surface area (Å²) in [6.07, 6.45) is 0. The van der Waals surface area contributed by atoms with Gasteiger partial charge in [0.2, 0.25) is 0 Å². The van der Waals surface area contributed by atoms with Crippen LogP contribution >= 0.6 is 22.7 Å². The van der Waals surface area contributed by atoms with Crippen molar-refractivity contribution < 1.29 is 4.79 Å². The zero-order chi connectivity index (χ0) is 14.7. The minimum absolute atomic E-state index is 0.0310. The van der Waals surface area contributed by atoms with Crippen LogP contribution in [-0.2, 0) is 0 Å². The van der Waals surface area contributed by atoms with Crippen molar-refractivity contribution in [2.24, 2.45) is 0 Å². The van der Waals surface area contributed by atoms with Gasteiger partial charge in [-0.05, 0) is 39.4 Å². The fourth-order valence-corrected chi connectivity index (χ4v) is 3.79. The highest BCUT2D eigenvalue weighted by Gasteiger charge is 2.18. The number of hydrogen-bond donors (Lipinski definition) is 1. The highest BCUT2D eigenvalue weighted by atomic mass is 32.1. The summed E-state index contributed by atoms with van der Waals surface area (Å²) in [5.41, 5.74) is 0.808. The van der Waals surface area contributed by atoms with Gasteiger partial charge >= 0.3 is 0 Å². The summed E-state index contributed by atoms with van der Waals surface area (Å²) in [6, 6.07) is 4.34. The molecule has 1 N–H and O–H groups in total. The third kappa shape index (κ3) is 3.45. The van der Waals surface area contributed by atoms with Crippen LogP contribution in [-0.4, -0.2) is 36.4 Å². The fraction of sp³-hybridized carbons (Fsp3) is 0.429. The predicted octanol–water partition coefficient (Wildman–Crippen LogP) is 2.85. The number of aromatic nitrogens is 1. The van der Waals surface area contributed by atoms with E-state index in [1.807, 2.05) is 34.0 Å². The molecule has 20 heavy (non-hydrogen) atoms. The van der Waals surface area contributed by atoms with Crippen LogP contribution in [0.25, 0.3) is 0 Å². The van der Waals surface area contributed by atoms with Gasteiger partial charge in [-0.25, -0.2) is 4.98 Å². The molecule has 0 aromatic carbocycles. The molecule has 2 heterocycles. The second-order valence-electron chi connectivity index (χ2n) is 4.85. The average Bonchev–Trinajstić information content (AvgIpc) is 2.99. The van der Waals surface area contributed by atoms with Crippen LogP contribution in [0.3, 0.4) is 0 Å². The fourth-order valence-electron chi connectivity index (χ4n) is 2.03. The van der Waals surface area contributed by atoms with Crippen LogP contribution in [0.1, 0.15) is 31.3 Å². The molecule has 0 spiro atoms. The van der Waals surface area contributed by atoms with Crippen LogP contribution in [0.2, 0.25) is 0 Å². The molecule has 6 heteroatoms. The standard InChI is InChI=1S/C14H19N3OS2/c1-9-13(20-10(2)16-9)14(18)15-8-11(17(3)4)12-6-5-7-19-12/h5-7,11H,8H2,1-4H3,(H,15,18). The number of hydrogen-bond acceptors (Lipinski definition) is 5. The molecule has 1 unspecified atom stereocenters. The average molecular weight is 309 g/mol. The van der Waals surface area contributed by atoms with Crippen molar-refractivity contribution in [3.63, 3.8) is 0 Å². The number of aryl methyl sites for hydroxylation is 2. The van der Waals surface area contributed by atoms with Crippen LogP contribution < -0.4 is 5.32 Å². The quantitative estimate of drug-likeness (QED) is 0.924. The first-order chi connectivity index (χ1) is 9.49. The maximum atomic E-state index is 12.2. The van der Waals surface area contributed by atoms with Crippen molar-refractivity contribution in [2.45, 2.75) is 19.9 Å². The first kappa shape index (κ1) is 15.2. The Labute approximate surface area is 127 Å². The Morgan fingerprint density at radius 3 is 2.70 bits per heavy atom. The molecule has 0 aliphatic rings. The zero-order valence-corrected chi connectivity index (χ0v) is 13.8. The largest absolute Gasteiger partial charge is 0.349 e. The molecule has 0 aliphatic carbocycles. The molecule has 0 saturated carbocycles. The van der Waals surface area contributed by atoms with E-state index in [9.17, 15) is 4.79 Å². The van der Waals surface area contributed by atoms with Gasteiger partial charge in [-0.1, -0.05) is 6.07 Å². The maximum Gasteiger partial charge on any atom is 0.263 e. The number of amides is 1. The topological polar surface area (TPSA) is 45.2 Å². The Kier molecular flexibility index (Phi) is 4.91. The van der Waals surface area contributed by atoms with Gasteiger partial charge in [0.05, 0.1) is 16.7 Å². The van der Waals surface area contributed by atoms with E-state index in [4.69, 9.17) is 0 Å². The first-order valence-electron chi connectivity index (χ1n) is 6.41. The van der Waals surface area contributed by atoms with Crippen LogP contribution in [0.15, 0.2) is 17.5 Å². The molecular formula is C14H19N3OS2. The number of likely N-dealkylation sites (N-methyl/N-ethyl adjacent to an activating group) is 1. The number of carbonyl (C=O) groups excluding carboxylic acids is 1. The van der Waals surface area contributed by atoms with Crippen molar-refractivity contribution in [3.8, 4) is 0 Å². The first-order valence-corrected chi connectivity index (χ1v) is 8.10. The maximum absolute atomic E-state index is 12.2. The zero-order valence-electron chi connectivity index (χ0n) is 12.1. The van der Waals surface area contributed by atoms with Gasteiger partial charge in [0.15, 0.2) is 0 Å². The van der Waals surface area contributed by atoms with Crippen LogP contribution in [0.4, 0.5) is 0 Å². The summed E-state index contributed by atoms with van der Waals surface area (Å²) < 4.78 is 0. The van der Waals surface area contributed by atoms with E-state index in [-0.39, 0.29) is 11.9 Å². The number of rotatable bonds is 5. The van der Waals surface area contributed by atoms with Crippen molar-refractivity contribution in [1.29, 1.82) is 0 Å². The lowest BCUT2D eigenvalue weighted by atomic mass is 10.2. The van der Waals surface area contributed by atoms with Gasteiger partial charge in [0.25, 0.3) is 5.91 Å². The highest BCUT2D eigenvalue weighted by Crippen LogP contribution is 2.23. The second-order valence-corrected chi connectivity index (χ2v) is 7.03. The number of nitrogens with one attached hydrogen (secondary N) is 1. The molecule has 1 amide bonds. The summed E-state index contributed by atoms with van der Waals surface area (Å²) in [7, 11) is 4.05. The van der Waals surface area contributed by atoms with Gasteiger partial charge in [0.1, 0.15) is 4.88 Å². The molecule has 2 rings (SSSR count). The second kappa shape index (κ2) is 6.47.